The van der Waals surface area contributed by atoms with E-state index in [0.717, 1.165) is 5.69 Å². The first-order valence-corrected chi connectivity index (χ1v) is 8.95. The smallest absolute Gasteiger partial charge is 0.269 e. The molecule has 3 heterocycles. The van der Waals surface area contributed by atoms with Crippen molar-refractivity contribution in [1.82, 2.24) is 20.2 Å². The fourth-order valence-electron chi connectivity index (χ4n) is 3.18. The number of hydrogen-bond acceptors (Lipinski definition) is 6. The zero-order valence-corrected chi connectivity index (χ0v) is 15.5. The first kappa shape index (κ1) is 18.3. The molecule has 1 fully saturated rings. The van der Waals surface area contributed by atoms with Crippen LogP contribution in [0.25, 0.3) is 0 Å². The number of hydrogen-bond donors (Lipinski definition) is 1. The van der Waals surface area contributed by atoms with Crippen molar-refractivity contribution in [3.05, 3.63) is 23.8 Å². The van der Waals surface area contributed by atoms with Crippen molar-refractivity contribution in [2.75, 3.05) is 13.1 Å². The second kappa shape index (κ2) is 7.39. The van der Waals surface area contributed by atoms with Crippen molar-refractivity contribution in [3.63, 3.8) is 0 Å². The maximum atomic E-state index is 12.3. The lowest BCUT2D eigenvalue weighted by molar-refractivity contribution is -0.132. The van der Waals surface area contributed by atoms with E-state index in [1.54, 1.807) is 12.4 Å². The van der Waals surface area contributed by atoms with E-state index in [-0.39, 0.29) is 18.4 Å². The van der Waals surface area contributed by atoms with E-state index >= 15 is 0 Å². The largest absolute Gasteiger partial charge is 0.386 e. The van der Waals surface area contributed by atoms with Gasteiger partial charge in [-0.2, -0.15) is 0 Å². The molecule has 1 unspecified atom stereocenters. The van der Waals surface area contributed by atoms with Crippen LogP contribution in [0.5, 0.6) is 0 Å². The number of aromatic nitrogens is 2. The van der Waals surface area contributed by atoms with E-state index < -0.39 is 5.60 Å². The van der Waals surface area contributed by atoms with Gasteiger partial charge in [-0.15, -0.1) is 0 Å². The van der Waals surface area contributed by atoms with Crippen molar-refractivity contribution in [2.45, 2.75) is 52.2 Å². The highest BCUT2D eigenvalue weighted by molar-refractivity contribution is 6.39. The van der Waals surface area contributed by atoms with Gasteiger partial charge < -0.3 is 15.1 Å². The Morgan fingerprint density at radius 1 is 1.35 bits per heavy atom. The van der Waals surface area contributed by atoms with E-state index in [1.165, 1.54) is 0 Å². The molecule has 1 saturated heterocycles. The van der Waals surface area contributed by atoms with Crippen LogP contribution in [0.1, 0.15) is 44.5 Å². The maximum absolute atomic E-state index is 12.3. The summed E-state index contributed by atoms with van der Waals surface area (Å²) >= 11 is 0. The SMILES string of the molecule is Cc1cnc(CNC(=O)C2=NOC3(CCN(C(=O)CC(C)C)C3)C2)cn1. The van der Waals surface area contributed by atoms with Crippen molar-refractivity contribution in [2.24, 2.45) is 11.1 Å². The number of oxime groups is 1. The molecule has 8 nitrogen and oxygen atoms in total. The van der Waals surface area contributed by atoms with Gasteiger partial charge in [-0.25, -0.2) is 0 Å². The maximum Gasteiger partial charge on any atom is 0.269 e. The lowest BCUT2D eigenvalue weighted by atomic mass is 9.96. The number of amides is 2. The normalized spacial score (nSPS) is 21.8. The van der Waals surface area contributed by atoms with E-state index in [2.05, 4.69) is 20.4 Å². The lowest BCUT2D eigenvalue weighted by Crippen LogP contribution is -2.38. The number of aryl methyl sites for hydroxylation is 1. The molecule has 1 aromatic heterocycles. The summed E-state index contributed by atoms with van der Waals surface area (Å²) in [5.41, 5.74) is 1.32. The van der Waals surface area contributed by atoms with Crippen LogP contribution < -0.4 is 5.32 Å². The Labute approximate surface area is 153 Å². The molecule has 2 aliphatic heterocycles. The zero-order valence-electron chi connectivity index (χ0n) is 15.5. The number of carbonyl (C=O) groups is 2. The first-order chi connectivity index (χ1) is 12.4. The Hall–Kier alpha value is -2.51. The minimum atomic E-state index is -0.553. The van der Waals surface area contributed by atoms with E-state index in [1.807, 2.05) is 25.7 Å². The van der Waals surface area contributed by atoms with Gasteiger partial charge in [0.25, 0.3) is 5.91 Å². The summed E-state index contributed by atoms with van der Waals surface area (Å²) < 4.78 is 0. The predicted octanol–water partition coefficient (Wildman–Crippen LogP) is 1.19. The molecular formula is C18H25N5O3. The van der Waals surface area contributed by atoms with Crippen LogP contribution in [0.15, 0.2) is 17.5 Å². The van der Waals surface area contributed by atoms with Gasteiger partial charge >= 0.3 is 0 Å². The molecule has 0 bridgehead atoms. The molecule has 1 N–H and O–H groups in total. The van der Waals surface area contributed by atoms with Gasteiger partial charge in [0, 0.05) is 32.0 Å². The van der Waals surface area contributed by atoms with Crippen molar-refractivity contribution in [3.8, 4) is 0 Å². The molecule has 2 aliphatic rings. The van der Waals surface area contributed by atoms with Crippen molar-refractivity contribution < 1.29 is 14.4 Å². The minimum Gasteiger partial charge on any atom is -0.386 e. The summed E-state index contributed by atoms with van der Waals surface area (Å²) in [6.07, 6.45) is 4.94. The summed E-state index contributed by atoms with van der Waals surface area (Å²) in [4.78, 5) is 40.3. The highest BCUT2D eigenvalue weighted by Crippen LogP contribution is 2.34. The number of likely N-dealkylation sites (tertiary alicyclic amines) is 1. The van der Waals surface area contributed by atoms with Crippen LogP contribution in [0, 0.1) is 12.8 Å². The third-order valence-corrected chi connectivity index (χ3v) is 4.62. The molecule has 0 saturated carbocycles. The molecule has 2 amide bonds. The topological polar surface area (TPSA) is 96.8 Å². The summed E-state index contributed by atoms with van der Waals surface area (Å²) in [7, 11) is 0. The second-order valence-corrected chi connectivity index (χ2v) is 7.48. The summed E-state index contributed by atoms with van der Waals surface area (Å²) in [6, 6.07) is 0. The lowest BCUT2D eigenvalue weighted by Gasteiger charge is -2.22. The highest BCUT2D eigenvalue weighted by Gasteiger charge is 2.47. The Morgan fingerprint density at radius 2 is 2.15 bits per heavy atom. The van der Waals surface area contributed by atoms with Gasteiger partial charge in [-0.3, -0.25) is 19.6 Å². The molecule has 1 spiro atoms. The zero-order chi connectivity index (χ0) is 18.7. The Bertz CT molecular complexity index is 716. The molecule has 0 aromatic carbocycles. The Kier molecular flexibility index (Phi) is 5.20. The van der Waals surface area contributed by atoms with Crippen molar-refractivity contribution in [1.29, 1.82) is 0 Å². The molecule has 3 rings (SSSR count). The van der Waals surface area contributed by atoms with Crippen LogP contribution in [0.3, 0.4) is 0 Å². The van der Waals surface area contributed by atoms with Crippen LogP contribution in [-0.4, -0.2) is 51.1 Å². The Balaban J connectivity index is 1.50. The van der Waals surface area contributed by atoms with E-state index in [9.17, 15) is 9.59 Å². The minimum absolute atomic E-state index is 0.135. The average Bonchev–Trinajstić information content (AvgIpc) is 3.21. The molecule has 0 aliphatic carbocycles. The van der Waals surface area contributed by atoms with Gasteiger partial charge in [0.15, 0.2) is 5.60 Å². The Morgan fingerprint density at radius 3 is 2.85 bits per heavy atom. The molecule has 0 radical (unpaired) electrons. The third kappa shape index (κ3) is 4.17. The number of nitrogens with one attached hydrogen (secondary N) is 1. The second-order valence-electron chi connectivity index (χ2n) is 7.48. The highest BCUT2D eigenvalue weighted by atomic mass is 16.7. The number of carbonyl (C=O) groups excluding carboxylic acids is 2. The van der Waals surface area contributed by atoms with Gasteiger partial charge in [-0.1, -0.05) is 19.0 Å². The van der Waals surface area contributed by atoms with Crippen LogP contribution in [-0.2, 0) is 21.0 Å². The van der Waals surface area contributed by atoms with Gasteiger partial charge in [0.05, 0.1) is 30.7 Å². The standard InChI is InChI=1S/C18H25N5O3/c1-12(2)6-16(24)23-5-4-18(11-23)7-15(22-26-18)17(25)21-10-14-9-19-13(3)8-20-14/h8-9,12H,4-7,10-11H2,1-3H3,(H,21,25). The van der Waals surface area contributed by atoms with Gasteiger partial charge in [0.1, 0.15) is 5.71 Å². The third-order valence-electron chi connectivity index (χ3n) is 4.62. The molecule has 1 aromatic rings. The first-order valence-electron chi connectivity index (χ1n) is 8.95. The quantitative estimate of drug-likeness (QED) is 0.852. The summed E-state index contributed by atoms with van der Waals surface area (Å²) in [5.74, 6) is 0.193. The summed E-state index contributed by atoms with van der Waals surface area (Å²) in [5, 5.41) is 6.78. The molecule has 8 heteroatoms. The monoisotopic (exact) mass is 359 g/mol. The molecule has 1 atom stereocenters. The van der Waals surface area contributed by atoms with Crippen LogP contribution in [0.4, 0.5) is 0 Å². The van der Waals surface area contributed by atoms with Crippen molar-refractivity contribution >= 4 is 17.5 Å². The number of rotatable bonds is 5. The van der Waals surface area contributed by atoms with Crippen LogP contribution in [0.2, 0.25) is 0 Å². The predicted molar refractivity (Wildman–Crippen MR) is 95.1 cm³/mol. The molecule has 26 heavy (non-hydrogen) atoms. The van der Waals surface area contributed by atoms with Gasteiger partial charge in [0.2, 0.25) is 5.91 Å². The molecular weight excluding hydrogens is 334 g/mol. The van der Waals surface area contributed by atoms with E-state index in [4.69, 9.17) is 4.84 Å². The van der Waals surface area contributed by atoms with Crippen LogP contribution >= 0.6 is 0 Å². The summed E-state index contributed by atoms with van der Waals surface area (Å²) in [6.45, 7) is 7.34. The fraction of sp³-hybridized carbons (Fsp3) is 0.611. The average molecular weight is 359 g/mol. The van der Waals surface area contributed by atoms with Gasteiger partial charge in [-0.05, 0) is 12.8 Å². The molecule has 140 valence electrons. The fourth-order valence-corrected chi connectivity index (χ4v) is 3.18. The number of nitrogens with zero attached hydrogens (tertiary/aromatic N) is 4. The van der Waals surface area contributed by atoms with E-state index in [0.29, 0.717) is 49.7 Å².